The third-order valence-electron chi connectivity index (χ3n) is 4.77. The third kappa shape index (κ3) is 3.27. The van der Waals surface area contributed by atoms with E-state index in [0.717, 1.165) is 36.5 Å². The quantitative estimate of drug-likeness (QED) is 0.714. The van der Waals surface area contributed by atoms with Gasteiger partial charge in [0, 0.05) is 37.1 Å². The first-order valence-corrected chi connectivity index (χ1v) is 8.86. The van der Waals surface area contributed by atoms with Gasteiger partial charge in [0.05, 0.1) is 0 Å². The molecule has 0 radical (unpaired) electrons. The van der Waals surface area contributed by atoms with Gasteiger partial charge in [-0.15, -0.1) is 0 Å². The molecule has 1 saturated heterocycles. The van der Waals surface area contributed by atoms with Gasteiger partial charge in [-0.1, -0.05) is 17.3 Å². The molecular formula is C20H21N3O3. The van der Waals surface area contributed by atoms with Gasteiger partial charge >= 0.3 is 0 Å². The summed E-state index contributed by atoms with van der Waals surface area (Å²) >= 11 is 0. The molecule has 0 spiro atoms. The number of carbonyl (C=O) groups excluding carboxylic acids is 1. The fourth-order valence-electron chi connectivity index (χ4n) is 3.40. The number of aryl methyl sites for hydroxylation is 2. The second kappa shape index (κ2) is 6.78. The van der Waals surface area contributed by atoms with Gasteiger partial charge in [0.15, 0.2) is 5.82 Å². The van der Waals surface area contributed by atoms with Crippen molar-refractivity contribution < 1.29 is 13.7 Å². The summed E-state index contributed by atoms with van der Waals surface area (Å²) in [6, 6.07) is 11.4. The van der Waals surface area contributed by atoms with Crippen LogP contribution in [-0.2, 0) is 0 Å². The summed E-state index contributed by atoms with van der Waals surface area (Å²) < 4.78 is 10.7. The maximum atomic E-state index is 12.9. The number of amides is 1. The van der Waals surface area contributed by atoms with Crippen molar-refractivity contribution in [1.29, 1.82) is 0 Å². The maximum absolute atomic E-state index is 12.9. The van der Waals surface area contributed by atoms with Crippen LogP contribution in [0.1, 0.15) is 46.6 Å². The van der Waals surface area contributed by atoms with Crippen molar-refractivity contribution in [2.24, 2.45) is 0 Å². The van der Waals surface area contributed by atoms with Crippen LogP contribution in [0, 0.1) is 13.8 Å². The minimum Gasteiger partial charge on any atom is -0.461 e. The lowest BCUT2D eigenvalue weighted by Gasteiger charge is -2.31. The lowest BCUT2D eigenvalue weighted by molar-refractivity contribution is 0.0703. The van der Waals surface area contributed by atoms with Crippen molar-refractivity contribution in [2.45, 2.75) is 32.6 Å². The van der Waals surface area contributed by atoms with E-state index in [1.165, 1.54) is 0 Å². The smallest absolute Gasteiger partial charge is 0.253 e. The Morgan fingerprint density at radius 1 is 1.15 bits per heavy atom. The number of carbonyl (C=O) groups is 1. The van der Waals surface area contributed by atoms with Gasteiger partial charge in [-0.3, -0.25) is 4.79 Å². The molecule has 3 aromatic rings. The monoisotopic (exact) mass is 351 g/mol. The van der Waals surface area contributed by atoms with Gasteiger partial charge in [0.25, 0.3) is 5.91 Å². The second-order valence-electron chi connectivity index (χ2n) is 6.75. The Morgan fingerprint density at radius 2 is 1.96 bits per heavy atom. The highest BCUT2D eigenvalue weighted by molar-refractivity contribution is 5.94. The molecule has 1 amide bonds. The molecule has 1 aliphatic heterocycles. The molecule has 0 unspecified atom stereocenters. The van der Waals surface area contributed by atoms with Crippen molar-refractivity contribution >= 4 is 5.91 Å². The Balaban J connectivity index is 1.48. The summed E-state index contributed by atoms with van der Waals surface area (Å²) in [5.41, 5.74) is 1.65. The summed E-state index contributed by atoms with van der Waals surface area (Å²) in [6.45, 7) is 5.08. The highest BCUT2D eigenvalue weighted by Gasteiger charge is 2.28. The number of likely N-dealkylation sites (tertiary alicyclic amines) is 1. The zero-order chi connectivity index (χ0) is 18.1. The van der Waals surface area contributed by atoms with Crippen LogP contribution in [0.2, 0.25) is 0 Å². The molecule has 0 saturated carbocycles. The van der Waals surface area contributed by atoms with Gasteiger partial charge in [0.1, 0.15) is 11.5 Å². The summed E-state index contributed by atoms with van der Waals surface area (Å²) in [5.74, 6) is 3.12. The van der Waals surface area contributed by atoms with Crippen LogP contribution in [-0.4, -0.2) is 34.0 Å². The van der Waals surface area contributed by atoms with Crippen molar-refractivity contribution in [3.63, 3.8) is 0 Å². The molecule has 1 fully saturated rings. The summed E-state index contributed by atoms with van der Waals surface area (Å²) in [7, 11) is 0. The molecule has 6 nitrogen and oxygen atoms in total. The largest absolute Gasteiger partial charge is 0.461 e. The van der Waals surface area contributed by atoms with Gasteiger partial charge in [-0.2, -0.15) is 4.98 Å². The number of piperidine rings is 1. The van der Waals surface area contributed by atoms with Gasteiger partial charge in [0.2, 0.25) is 5.89 Å². The molecule has 4 rings (SSSR count). The van der Waals surface area contributed by atoms with E-state index in [0.29, 0.717) is 23.8 Å². The summed E-state index contributed by atoms with van der Waals surface area (Å²) in [4.78, 5) is 19.1. The number of hydrogen-bond acceptors (Lipinski definition) is 5. The third-order valence-corrected chi connectivity index (χ3v) is 4.77. The molecule has 2 aromatic heterocycles. The van der Waals surface area contributed by atoms with Crippen molar-refractivity contribution in [2.75, 3.05) is 13.1 Å². The average molecular weight is 351 g/mol. The molecule has 0 N–H and O–H groups in total. The molecule has 1 aliphatic rings. The van der Waals surface area contributed by atoms with E-state index < -0.39 is 0 Å². The lowest BCUT2D eigenvalue weighted by Crippen LogP contribution is -2.39. The van der Waals surface area contributed by atoms with Gasteiger partial charge in [-0.05, 0) is 44.0 Å². The maximum Gasteiger partial charge on any atom is 0.253 e. The first-order chi connectivity index (χ1) is 12.6. The standard InChI is InChI=1S/C20H21N3O3/c1-13-5-10-18(25-13)15-6-8-16(9-7-15)20(24)23-11-3-4-17(12-23)19-21-14(2)26-22-19/h5-10,17H,3-4,11-12H2,1-2H3/t17-/m0/s1. The molecule has 0 aliphatic carbocycles. The highest BCUT2D eigenvalue weighted by Crippen LogP contribution is 2.27. The molecule has 134 valence electrons. The second-order valence-corrected chi connectivity index (χ2v) is 6.75. The van der Waals surface area contributed by atoms with Crippen molar-refractivity contribution in [3.8, 4) is 11.3 Å². The van der Waals surface area contributed by atoms with Crippen LogP contribution < -0.4 is 0 Å². The number of hydrogen-bond donors (Lipinski definition) is 0. The molecule has 1 atom stereocenters. The Morgan fingerprint density at radius 3 is 2.62 bits per heavy atom. The number of aromatic nitrogens is 2. The SMILES string of the molecule is Cc1ccc(-c2ccc(C(=O)N3CCC[C@H](c4noc(C)n4)C3)cc2)o1. The average Bonchev–Trinajstić information content (AvgIpc) is 3.30. The van der Waals surface area contributed by atoms with E-state index in [4.69, 9.17) is 8.94 Å². The van der Waals surface area contributed by atoms with Crippen LogP contribution in [0.25, 0.3) is 11.3 Å². The van der Waals surface area contributed by atoms with E-state index in [9.17, 15) is 4.79 Å². The first kappa shape index (κ1) is 16.6. The van der Waals surface area contributed by atoms with E-state index in [1.54, 1.807) is 6.92 Å². The van der Waals surface area contributed by atoms with Crippen LogP contribution in [0.4, 0.5) is 0 Å². The van der Waals surface area contributed by atoms with E-state index in [2.05, 4.69) is 10.1 Å². The predicted octanol–water partition coefficient (Wildman–Crippen LogP) is 3.97. The molecule has 0 bridgehead atoms. The Labute approximate surface area is 151 Å². The van der Waals surface area contributed by atoms with E-state index in [1.807, 2.05) is 48.2 Å². The van der Waals surface area contributed by atoms with Gasteiger partial charge < -0.3 is 13.8 Å². The normalized spacial score (nSPS) is 17.5. The van der Waals surface area contributed by atoms with Crippen molar-refractivity contribution in [1.82, 2.24) is 15.0 Å². The number of benzene rings is 1. The van der Waals surface area contributed by atoms with Crippen LogP contribution in [0.5, 0.6) is 0 Å². The fraction of sp³-hybridized carbons (Fsp3) is 0.350. The van der Waals surface area contributed by atoms with Gasteiger partial charge in [-0.25, -0.2) is 0 Å². The van der Waals surface area contributed by atoms with Crippen LogP contribution >= 0.6 is 0 Å². The number of furan rings is 1. The molecule has 26 heavy (non-hydrogen) atoms. The topological polar surface area (TPSA) is 72.4 Å². The molecular weight excluding hydrogens is 330 g/mol. The highest BCUT2D eigenvalue weighted by atomic mass is 16.5. The van der Waals surface area contributed by atoms with Crippen LogP contribution in [0.3, 0.4) is 0 Å². The minimum absolute atomic E-state index is 0.0390. The Bertz CT molecular complexity index is 911. The number of nitrogens with zero attached hydrogens (tertiary/aromatic N) is 3. The Kier molecular flexibility index (Phi) is 4.32. The molecule has 1 aromatic carbocycles. The Hall–Kier alpha value is -2.89. The molecule has 3 heterocycles. The van der Waals surface area contributed by atoms with E-state index in [-0.39, 0.29) is 11.8 Å². The van der Waals surface area contributed by atoms with E-state index >= 15 is 0 Å². The minimum atomic E-state index is 0.0390. The summed E-state index contributed by atoms with van der Waals surface area (Å²) in [6.07, 6.45) is 1.91. The molecule has 6 heteroatoms. The summed E-state index contributed by atoms with van der Waals surface area (Å²) in [5, 5.41) is 4.02. The fourth-order valence-corrected chi connectivity index (χ4v) is 3.40. The number of rotatable bonds is 3. The lowest BCUT2D eigenvalue weighted by atomic mass is 9.96. The first-order valence-electron chi connectivity index (χ1n) is 8.86. The predicted molar refractivity (Wildman–Crippen MR) is 95.8 cm³/mol. The van der Waals surface area contributed by atoms with Crippen molar-refractivity contribution in [3.05, 3.63) is 59.4 Å². The zero-order valence-electron chi connectivity index (χ0n) is 14.9. The zero-order valence-corrected chi connectivity index (χ0v) is 14.9. The van der Waals surface area contributed by atoms with Crippen LogP contribution in [0.15, 0.2) is 45.3 Å².